The third-order valence-corrected chi connectivity index (χ3v) is 4.75. The Hall–Kier alpha value is -2.59. The number of thiophene rings is 1. The molecule has 0 saturated heterocycles. The molecule has 1 unspecified atom stereocenters. The van der Waals surface area contributed by atoms with Gasteiger partial charge in [-0.15, -0.1) is 11.3 Å². The van der Waals surface area contributed by atoms with Crippen LogP contribution in [0.3, 0.4) is 0 Å². The van der Waals surface area contributed by atoms with Gasteiger partial charge in [0, 0.05) is 10.4 Å². The van der Waals surface area contributed by atoms with Crippen LogP contribution in [0.25, 0.3) is 0 Å². The molecule has 3 aromatic rings. The van der Waals surface area contributed by atoms with E-state index in [0.717, 1.165) is 21.8 Å². The molecule has 3 nitrogen and oxygen atoms in total. The second-order valence-corrected chi connectivity index (χ2v) is 6.39. The van der Waals surface area contributed by atoms with Crippen molar-refractivity contribution < 1.29 is 9.53 Å². The molecule has 4 heteroatoms. The predicted octanol–water partition coefficient (Wildman–Crippen LogP) is 4.21. The Bertz CT molecular complexity index is 784. The maximum atomic E-state index is 12.6. The predicted molar refractivity (Wildman–Crippen MR) is 97.4 cm³/mol. The summed E-state index contributed by atoms with van der Waals surface area (Å²) in [6.07, 6.45) is 0.290. The van der Waals surface area contributed by atoms with Crippen LogP contribution in [0.15, 0.2) is 72.1 Å². The monoisotopic (exact) mass is 337 g/mol. The maximum absolute atomic E-state index is 12.6. The van der Waals surface area contributed by atoms with Crippen LogP contribution in [0, 0.1) is 0 Å². The molecule has 2 aromatic carbocycles. The number of para-hydroxylation sites is 1. The van der Waals surface area contributed by atoms with Crippen molar-refractivity contribution in [2.24, 2.45) is 0 Å². The zero-order chi connectivity index (χ0) is 16.8. The molecule has 0 saturated carbocycles. The molecule has 1 aromatic heterocycles. The third kappa shape index (κ3) is 3.84. The van der Waals surface area contributed by atoms with Gasteiger partial charge in [0.2, 0.25) is 5.91 Å². The van der Waals surface area contributed by atoms with Gasteiger partial charge in [0.05, 0.1) is 19.6 Å². The summed E-state index contributed by atoms with van der Waals surface area (Å²) in [7, 11) is 1.62. The molecule has 1 heterocycles. The van der Waals surface area contributed by atoms with Crippen LogP contribution in [0.1, 0.15) is 22.0 Å². The van der Waals surface area contributed by atoms with Crippen molar-refractivity contribution >= 4 is 17.2 Å². The minimum atomic E-state index is -0.131. The van der Waals surface area contributed by atoms with E-state index in [1.54, 1.807) is 18.4 Å². The highest BCUT2D eigenvalue weighted by atomic mass is 32.1. The highest BCUT2D eigenvalue weighted by molar-refractivity contribution is 7.10. The molecule has 0 aliphatic carbocycles. The van der Waals surface area contributed by atoms with Crippen molar-refractivity contribution in [1.82, 2.24) is 5.32 Å². The van der Waals surface area contributed by atoms with Crippen LogP contribution < -0.4 is 10.1 Å². The average molecular weight is 337 g/mol. The lowest BCUT2D eigenvalue weighted by Gasteiger charge is -2.18. The largest absolute Gasteiger partial charge is 0.496 e. The zero-order valence-electron chi connectivity index (χ0n) is 13.4. The second kappa shape index (κ2) is 7.79. The fourth-order valence-electron chi connectivity index (χ4n) is 2.65. The lowest BCUT2D eigenvalue weighted by Crippen LogP contribution is -2.30. The molecular formula is C20H19NO2S. The minimum Gasteiger partial charge on any atom is -0.496 e. The first-order valence-corrected chi connectivity index (χ1v) is 8.65. The number of benzene rings is 2. The molecule has 0 radical (unpaired) electrons. The number of methoxy groups -OCH3 is 1. The van der Waals surface area contributed by atoms with E-state index in [-0.39, 0.29) is 11.9 Å². The summed E-state index contributed by atoms with van der Waals surface area (Å²) in [4.78, 5) is 13.7. The van der Waals surface area contributed by atoms with E-state index in [1.165, 1.54) is 0 Å². The highest BCUT2D eigenvalue weighted by Crippen LogP contribution is 2.26. The first-order chi connectivity index (χ1) is 11.8. The second-order valence-electron chi connectivity index (χ2n) is 5.42. The molecule has 122 valence electrons. The van der Waals surface area contributed by atoms with Crippen LogP contribution in [0.5, 0.6) is 5.75 Å². The molecule has 0 aliphatic rings. The Morgan fingerprint density at radius 2 is 1.79 bits per heavy atom. The summed E-state index contributed by atoms with van der Waals surface area (Å²) in [5, 5.41) is 5.18. The highest BCUT2D eigenvalue weighted by Gasteiger charge is 2.18. The summed E-state index contributed by atoms with van der Waals surface area (Å²) >= 11 is 1.64. The first kappa shape index (κ1) is 16.3. The van der Waals surface area contributed by atoms with E-state index < -0.39 is 0 Å². The normalized spacial score (nSPS) is 11.7. The van der Waals surface area contributed by atoms with Crippen molar-refractivity contribution in [1.29, 1.82) is 0 Å². The van der Waals surface area contributed by atoms with Crippen molar-refractivity contribution in [3.8, 4) is 5.75 Å². The van der Waals surface area contributed by atoms with Crippen LogP contribution in [0.4, 0.5) is 0 Å². The Kier molecular flexibility index (Phi) is 5.29. The number of hydrogen-bond acceptors (Lipinski definition) is 3. The third-order valence-electron chi connectivity index (χ3n) is 3.81. The molecule has 0 fully saturated rings. The fraction of sp³-hybridized carbons (Fsp3) is 0.150. The van der Waals surface area contributed by atoms with E-state index >= 15 is 0 Å². The standard InChI is InChI=1S/C20H19NO2S/c1-23-17-11-6-5-10-16(17)14-19(22)21-20(18-12-7-13-24-18)15-8-3-2-4-9-15/h2-13,20H,14H2,1H3,(H,21,22). The van der Waals surface area contributed by atoms with Gasteiger partial charge in [-0.1, -0.05) is 54.6 Å². The van der Waals surface area contributed by atoms with Crippen molar-refractivity contribution in [2.45, 2.75) is 12.5 Å². The van der Waals surface area contributed by atoms with Gasteiger partial charge in [-0.2, -0.15) is 0 Å². The Balaban J connectivity index is 1.79. The quantitative estimate of drug-likeness (QED) is 0.732. The molecule has 1 N–H and O–H groups in total. The Morgan fingerprint density at radius 3 is 2.50 bits per heavy atom. The van der Waals surface area contributed by atoms with Crippen molar-refractivity contribution in [3.63, 3.8) is 0 Å². The number of carbonyl (C=O) groups is 1. The number of rotatable bonds is 6. The van der Waals surface area contributed by atoms with Gasteiger partial charge in [0.15, 0.2) is 0 Å². The van der Waals surface area contributed by atoms with Gasteiger partial charge in [-0.3, -0.25) is 4.79 Å². The summed E-state index contributed by atoms with van der Waals surface area (Å²) in [5.74, 6) is 0.710. The lowest BCUT2D eigenvalue weighted by atomic mass is 10.0. The van der Waals surface area contributed by atoms with Crippen LogP contribution in [-0.2, 0) is 11.2 Å². The van der Waals surface area contributed by atoms with E-state index in [0.29, 0.717) is 6.42 Å². The van der Waals surface area contributed by atoms with Gasteiger partial charge < -0.3 is 10.1 Å². The molecule has 24 heavy (non-hydrogen) atoms. The number of ether oxygens (including phenoxy) is 1. The topological polar surface area (TPSA) is 38.3 Å². The number of nitrogens with one attached hydrogen (secondary N) is 1. The number of hydrogen-bond donors (Lipinski definition) is 1. The van der Waals surface area contributed by atoms with Gasteiger partial charge in [0.25, 0.3) is 0 Å². The zero-order valence-corrected chi connectivity index (χ0v) is 14.3. The molecule has 3 rings (SSSR count). The summed E-state index contributed by atoms with van der Waals surface area (Å²) in [6, 6.07) is 21.6. The summed E-state index contributed by atoms with van der Waals surface area (Å²) < 4.78 is 5.33. The van der Waals surface area contributed by atoms with E-state index in [4.69, 9.17) is 4.74 Å². The Labute approximate surface area is 145 Å². The van der Waals surface area contributed by atoms with E-state index in [1.807, 2.05) is 72.1 Å². The molecule has 0 aliphatic heterocycles. The smallest absolute Gasteiger partial charge is 0.225 e. The maximum Gasteiger partial charge on any atom is 0.225 e. The SMILES string of the molecule is COc1ccccc1CC(=O)NC(c1ccccc1)c1cccs1. The average Bonchev–Trinajstić information content (AvgIpc) is 3.15. The van der Waals surface area contributed by atoms with Crippen LogP contribution in [0.2, 0.25) is 0 Å². The summed E-state index contributed by atoms with van der Waals surface area (Å²) in [6.45, 7) is 0. The van der Waals surface area contributed by atoms with Crippen molar-refractivity contribution in [3.05, 3.63) is 88.1 Å². The fourth-order valence-corrected chi connectivity index (χ4v) is 3.46. The Morgan fingerprint density at radius 1 is 1.04 bits per heavy atom. The van der Waals surface area contributed by atoms with Crippen LogP contribution >= 0.6 is 11.3 Å². The van der Waals surface area contributed by atoms with E-state index in [2.05, 4.69) is 5.32 Å². The van der Waals surface area contributed by atoms with Crippen LogP contribution in [-0.4, -0.2) is 13.0 Å². The van der Waals surface area contributed by atoms with Gasteiger partial charge in [-0.05, 0) is 23.1 Å². The molecule has 0 spiro atoms. The molecule has 0 bridgehead atoms. The summed E-state index contributed by atoms with van der Waals surface area (Å²) in [5.41, 5.74) is 1.96. The van der Waals surface area contributed by atoms with E-state index in [9.17, 15) is 4.79 Å². The lowest BCUT2D eigenvalue weighted by molar-refractivity contribution is -0.120. The van der Waals surface area contributed by atoms with Gasteiger partial charge in [-0.25, -0.2) is 0 Å². The molecular weight excluding hydrogens is 318 g/mol. The van der Waals surface area contributed by atoms with Gasteiger partial charge in [0.1, 0.15) is 5.75 Å². The first-order valence-electron chi connectivity index (χ1n) is 7.77. The molecule has 1 amide bonds. The van der Waals surface area contributed by atoms with Crippen molar-refractivity contribution in [2.75, 3.05) is 7.11 Å². The van der Waals surface area contributed by atoms with Gasteiger partial charge >= 0.3 is 0 Å². The number of amides is 1. The molecule has 1 atom stereocenters. The number of carbonyl (C=O) groups excluding carboxylic acids is 1. The minimum absolute atomic E-state index is 0.0262.